The van der Waals surface area contributed by atoms with Crippen LogP contribution in [0.4, 0.5) is 0 Å². The lowest BCUT2D eigenvalue weighted by atomic mass is 10.1. The predicted molar refractivity (Wildman–Crippen MR) is 52.7 cm³/mol. The number of aliphatic imine (C=N–C) groups is 1. The molecular weight excluding hydrogens is 216 g/mol. The Hall–Kier alpha value is -0.700. The van der Waals surface area contributed by atoms with Crippen LogP contribution in [0.15, 0.2) is 21.7 Å². The van der Waals surface area contributed by atoms with Gasteiger partial charge in [0.05, 0.1) is 0 Å². The summed E-state index contributed by atoms with van der Waals surface area (Å²) >= 11 is 3.39. The van der Waals surface area contributed by atoms with Crippen LogP contribution in [0.25, 0.3) is 0 Å². The van der Waals surface area contributed by atoms with Crippen molar-refractivity contribution in [2.75, 3.05) is 6.54 Å². The molecule has 0 fully saturated rings. The second-order valence-corrected chi connectivity index (χ2v) is 3.74. The minimum Gasteiger partial charge on any atom is -0.292 e. The number of nitrogens with zero attached hydrogens (tertiary/aromatic N) is 2. The average molecular weight is 225 g/mol. The second kappa shape index (κ2) is 3.35. The van der Waals surface area contributed by atoms with Crippen molar-refractivity contribution < 1.29 is 0 Å². The monoisotopic (exact) mass is 224 g/mol. The molecule has 0 N–H and O–H groups in total. The molecule has 62 valence electrons. The molecule has 2 rings (SSSR count). The second-order valence-electron chi connectivity index (χ2n) is 2.83. The molecule has 1 aromatic rings. The molecule has 0 radical (unpaired) electrons. The maximum atomic E-state index is 4.34. The first kappa shape index (κ1) is 7.92. The summed E-state index contributed by atoms with van der Waals surface area (Å²) in [5, 5.41) is 0. The SMILES string of the molecule is Brc1cnc2c(c1)C=NCCC2. The van der Waals surface area contributed by atoms with E-state index < -0.39 is 0 Å². The van der Waals surface area contributed by atoms with Crippen LogP contribution in [0.5, 0.6) is 0 Å². The first-order chi connectivity index (χ1) is 5.86. The smallest absolute Gasteiger partial charge is 0.0492 e. The summed E-state index contributed by atoms with van der Waals surface area (Å²) in [5.74, 6) is 0. The molecule has 0 aliphatic carbocycles. The van der Waals surface area contributed by atoms with Gasteiger partial charge in [-0.15, -0.1) is 0 Å². The van der Waals surface area contributed by atoms with Gasteiger partial charge in [0.1, 0.15) is 0 Å². The summed E-state index contributed by atoms with van der Waals surface area (Å²) in [6.07, 6.45) is 5.92. The zero-order valence-corrected chi connectivity index (χ0v) is 8.21. The normalized spacial score (nSPS) is 15.4. The van der Waals surface area contributed by atoms with Crippen LogP contribution in [0.2, 0.25) is 0 Å². The van der Waals surface area contributed by atoms with E-state index in [4.69, 9.17) is 0 Å². The molecule has 0 bridgehead atoms. The number of pyridine rings is 1. The first-order valence-electron chi connectivity index (χ1n) is 4.00. The van der Waals surface area contributed by atoms with Crippen molar-refractivity contribution in [1.29, 1.82) is 0 Å². The number of aryl methyl sites for hydroxylation is 1. The van der Waals surface area contributed by atoms with E-state index in [9.17, 15) is 0 Å². The van der Waals surface area contributed by atoms with Crippen LogP contribution >= 0.6 is 15.9 Å². The fraction of sp³-hybridized carbons (Fsp3) is 0.333. The number of hydrogen-bond donors (Lipinski definition) is 0. The van der Waals surface area contributed by atoms with E-state index in [1.54, 1.807) is 0 Å². The fourth-order valence-corrected chi connectivity index (χ4v) is 1.65. The maximum Gasteiger partial charge on any atom is 0.0492 e. The van der Waals surface area contributed by atoms with E-state index in [0.717, 1.165) is 29.4 Å². The van der Waals surface area contributed by atoms with Crippen LogP contribution in [0.1, 0.15) is 17.7 Å². The Kier molecular flexibility index (Phi) is 2.21. The van der Waals surface area contributed by atoms with Crippen molar-refractivity contribution in [1.82, 2.24) is 4.98 Å². The van der Waals surface area contributed by atoms with Crippen molar-refractivity contribution in [2.45, 2.75) is 12.8 Å². The summed E-state index contributed by atoms with van der Waals surface area (Å²) in [6.45, 7) is 0.925. The Morgan fingerprint density at radius 2 is 2.33 bits per heavy atom. The van der Waals surface area contributed by atoms with Gasteiger partial charge < -0.3 is 0 Å². The van der Waals surface area contributed by atoms with Crippen LogP contribution in [-0.2, 0) is 6.42 Å². The Balaban J connectivity index is 2.47. The van der Waals surface area contributed by atoms with Gasteiger partial charge in [-0.25, -0.2) is 0 Å². The van der Waals surface area contributed by atoms with E-state index >= 15 is 0 Å². The molecule has 1 aromatic heterocycles. The Bertz CT molecular complexity index is 320. The molecule has 0 unspecified atom stereocenters. The van der Waals surface area contributed by atoms with Crippen LogP contribution in [-0.4, -0.2) is 17.7 Å². The summed E-state index contributed by atoms with van der Waals surface area (Å²) in [4.78, 5) is 8.61. The Morgan fingerprint density at radius 1 is 1.42 bits per heavy atom. The molecule has 3 heteroatoms. The summed E-state index contributed by atoms with van der Waals surface area (Å²) in [6, 6.07) is 2.07. The highest BCUT2D eigenvalue weighted by Crippen LogP contribution is 2.15. The van der Waals surface area contributed by atoms with E-state index in [0.29, 0.717) is 0 Å². The minimum absolute atomic E-state index is 0.925. The number of aromatic nitrogens is 1. The van der Waals surface area contributed by atoms with E-state index in [-0.39, 0.29) is 0 Å². The van der Waals surface area contributed by atoms with Crippen molar-refractivity contribution in [3.05, 3.63) is 28.0 Å². The van der Waals surface area contributed by atoms with Gasteiger partial charge in [-0.2, -0.15) is 0 Å². The van der Waals surface area contributed by atoms with Gasteiger partial charge in [0, 0.05) is 34.7 Å². The zero-order chi connectivity index (χ0) is 8.39. The minimum atomic E-state index is 0.925. The van der Waals surface area contributed by atoms with Crippen LogP contribution in [0, 0.1) is 0 Å². The molecule has 2 nitrogen and oxygen atoms in total. The van der Waals surface area contributed by atoms with E-state index in [1.165, 1.54) is 5.69 Å². The molecule has 1 aliphatic rings. The fourth-order valence-electron chi connectivity index (χ4n) is 1.30. The third-order valence-electron chi connectivity index (χ3n) is 1.90. The molecule has 0 amide bonds. The summed E-state index contributed by atoms with van der Waals surface area (Å²) < 4.78 is 1.02. The number of rotatable bonds is 0. The third kappa shape index (κ3) is 1.55. The van der Waals surface area contributed by atoms with E-state index in [2.05, 4.69) is 32.0 Å². The van der Waals surface area contributed by atoms with E-state index in [1.807, 2.05) is 12.4 Å². The highest BCUT2D eigenvalue weighted by Gasteiger charge is 2.05. The molecule has 12 heavy (non-hydrogen) atoms. The molecule has 1 aliphatic heterocycles. The molecule has 0 saturated carbocycles. The quantitative estimate of drug-likeness (QED) is 0.664. The largest absolute Gasteiger partial charge is 0.292 e. The van der Waals surface area contributed by atoms with Crippen molar-refractivity contribution in [3.8, 4) is 0 Å². The average Bonchev–Trinajstić information content (AvgIpc) is 2.28. The van der Waals surface area contributed by atoms with Gasteiger partial charge in [-0.1, -0.05) is 0 Å². The van der Waals surface area contributed by atoms with Crippen LogP contribution < -0.4 is 0 Å². The van der Waals surface area contributed by atoms with Crippen molar-refractivity contribution in [2.24, 2.45) is 4.99 Å². The van der Waals surface area contributed by atoms with Gasteiger partial charge in [0.15, 0.2) is 0 Å². The van der Waals surface area contributed by atoms with Gasteiger partial charge in [0.25, 0.3) is 0 Å². The maximum absolute atomic E-state index is 4.34. The van der Waals surface area contributed by atoms with Gasteiger partial charge in [-0.05, 0) is 34.8 Å². The molecule has 2 heterocycles. The van der Waals surface area contributed by atoms with Gasteiger partial charge in [0.2, 0.25) is 0 Å². The first-order valence-corrected chi connectivity index (χ1v) is 4.80. The topological polar surface area (TPSA) is 25.2 Å². The zero-order valence-electron chi connectivity index (χ0n) is 6.63. The van der Waals surface area contributed by atoms with Crippen molar-refractivity contribution >= 4 is 22.1 Å². The van der Waals surface area contributed by atoms with Gasteiger partial charge >= 0.3 is 0 Å². The molecule has 0 aromatic carbocycles. The lowest BCUT2D eigenvalue weighted by Gasteiger charge is -2.00. The molecule has 0 atom stereocenters. The highest BCUT2D eigenvalue weighted by molar-refractivity contribution is 9.10. The van der Waals surface area contributed by atoms with Gasteiger partial charge in [-0.3, -0.25) is 9.98 Å². The highest BCUT2D eigenvalue weighted by atomic mass is 79.9. The van der Waals surface area contributed by atoms with Crippen molar-refractivity contribution in [3.63, 3.8) is 0 Å². The summed E-state index contributed by atoms with van der Waals surface area (Å²) in [5.41, 5.74) is 2.32. The number of hydrogen-bond acceptors (Lipinski definition) is 2. The Labute approximate surface area is 79.9 Å². The third-order valence-corrected chi connectivity index (χ3v) is 2.34. The standard InChI is InChI=1S/C9H9BrN2/c10-8-4-7-5-11-3-1-2-9(7)12-6-8/h4-6H,1-3H2. The Morgan fingerprint density at radius 3 is 3.25 bits per heavy atom. The molecule has 0 saturated heterocycles. The molecular formula is C9H9BrN2. The number of halogens is 1. The van der Waals surface area contributed by atoms with Crippen LogP contribution in [0.3, 0.4) is 0 Å². The predicted octanol–water partition coefficient (Wildman–Crippen LogP) is 2.21. The lowest BCUT2D eigenvalue weighted by Crippen LogP contribution is -1.94. The molecule has 0 spiro atoms. The lowest BCUT2D eigenvalue weighted by molar-refractivity contribution is 0.823. The number of fused-ring (bicyclic) bond motifs is 1. The summed E-state index contributed by atoms with van der Waals surface area (Å²) in [7, 11) is 0.